The molecule has 0 fully saturated rings. The molecule has 1 amide bonds. The van der Waals surface area contributed by atoms with E-state index in [1.54, 1.807) is 18.7 Å². The highest BCUT2D eigenvalue weighted by Crippen LogP contribution is 2.19. The highest BCUT2D eigenvalue weighted by molar-refractivity contribution is 5.95. The van der Waals surface area contributed by atoms with E-state index >= 15 is 0 Å². The van der Waals surface area contributed by atoms with Gasteiger partial charge in [-0.3, -0.25) is 9.78 Å². The predicted octanol–water partition coefficient (Wildman–Crippen LogP) is 3.67. The standard InChI is InChI=1S/C17H22N2O2/c1-12(2)14(4)19(11-15-6-5-9-21-15)17(20)16-10-18-8-7-13(16)3/h5-10,12,14H,11H2,1-4H3/t14-/m0/s1. The summed E-state index contributed by atoms with van der Waals surface area (Å²) in [5, 5.41) is 0. The third-order valence-electron chi connectivity index (χ3n) is 3.89. The predicted molar refractivity (Wildman–Crippen MR) is 81.9 cm³/mol. The zero-order chi connectivity index (χ0) is 15.4. The maximum Gasteiger partial charge on any atom is 0.256 e. The molecule has 0 aliphatic carbocycles. The number of hydrogen-bond donors (Lipinski definition) is 0. The van der Waals surface area contributed by atoms with Crippen LogP contribution >= 0.6 is 0 Å². The normalized spacial score (nSPS) is 12.4. The van der Waals surface area contributed by atoms with Crippen LogP contribution in [-0.4, -0.2) is 21.8 Å². The van der Waals surface area contributed by atoms with Crippen molar-refractivity contribution in [2.75, 3.05) is 0 Å². The van der Waals surface area contributed by atoms with E-state index in [2.05, 4.69) is 25.8 Å². The Bertz CT molecular complexity index is 591. The lowest BCUT2D eigenvalue weighted by Gasteiger charge is -2.31. The topological polar surface area (TPSA) is 46.3 Å². The zero-order valence-corrected chi connectivity index (χ0v) is 13.0. The molecular weight excluding hydrogens is 264 g/mol. The van der Waals surface area contributed by atoms with Crippen LogP contribution in [0.5, 0.6) is 0 Å². The van der Waals surface area contributed by atoms with E-state index in [0.717, 1.165) is 11.3 Å². The average molecular weight is 286 g/mol. The molecule has 4 nitrogen and oxygen atoms in total. The smallest absolute Gasteiger partial charge is 0.256 e. The highest BCUT2D eigenvalue weighted by atomic mass is 16.3. The second-order valence-corrected chi connectivity index (χ2v) is 5.69. The summed E-state index contributed by atoms with van der Waals surface area (Å²) < 4.78 is 5.40. The van der Waals surface area contributed by atoms with Crippen LogP contribution in [0.15, 0.2) is 41.3 Å². The third-order valence-corrected chi connectivity index (χ3v) is 3.89. The van der Waals surface area contributed by atoms with E-state index in [0.29, 0.717) is 18.0 Å². The third kappa shape index (κ3) is 3.51. The van der Waals surface area contributed by atoms with Crippen LogP contribution < -0.4 is 0 Å². The van der Waals surface area contributed by atoms with Crippen molar-refractivity contribution in [3.8, 4) is 0 Å². The minimum atomic E-state index is -0.00167. The molecule has 1 atom stereocenters. The molecule has 2 rings (SSSR count). The van der Waals surface area contributed by atoms with Crippen LogP contribution in [0.4, 0.5) is 0 Å². The minimum absolute atomic E-state index is 0.00167. The Balaban J connectivity index is 2.30. The van der Waals surface area contributed by atoms with Gasteiger partial charge < -0.3 is 9.32 Å². The maximum atomic E-state index is 12.9. The Hall–Kier alpha value is -2.10. The lowest BCUT2D eigenvalue weighted by atomic mass is 10.0. The molecule has 2 heterocycles. The fraction of sp³-hybridized carbons (Fsp3) is 0.412. The van der Waals surface area contributed by atoms with Gasteiger partial charge in [-0.05, 0) is 43.5 Å². The lowest BCUT2D eigenvalue weighted by Crippen LogP contribution is -2.41. The quantitative estimate of drug-likeness (QED) is 0.842. The van der Waals surface area contributed by atoms with Crippen molar-refractivity contribution in [3.05, 3.63) is 53.7 Å². The lowest BCUT2D eigenvalue weighted by molar-refractivity contribution is 0.0610. The summed E-state index contributed by atoms with van der Waals surface area (Å²) in [5.74, 6) is 1.15. The molecule has 0 saturated heterocycles. The van der Waals surface area contributed by atoms with E-state index in [1.807, 2.05) is 30.0 Å². The van der Waals surface area contributed by atoms with Crippen molar-refractivity contribution in [3.63, 3.8) is 0 Å². The van der Waals surface area contributed by atoms with E-state index in [1.165, 1.54) is 0 Å². The van der Waals surface area contributed by atoms with Gasteiger partial charge in [0, 0.05) is 18.4 Å². The zero-order valence-electron chi connectivity index (χ0n) is 13.0. The molecule has 0 N–H and O–H groups in total. The number of carbonyl (C=O) groups is 1. The largest absolute Gasteiger partial charge is 0.467 e. The van der Waals surface area contributed by atoms with Gasteiger partial charge in [0.2, 0.25) is 0 Å². The van der Waals surface area contributed by atoms with Gasteiger partial charge in [0.25, 0.3) is 5.91 Å². The molecule has 0 bridgehead atoms. The first kappa shape index (κ1) is 15.3. The molecule has 2 aromatic heterocycles. The SMILES string of the molecule is Cc1ccncc1C(=O)N(Cc1ccco1)[C@@H](C)C(C)C. The summed E-state index contributed by atoms with van der Waals surface area (Å²) in [6.45, 7) is 8.70. The number of carbonyl (C=O) groups excluding carboxylic acids is 1. The molecule has 0 saturated carbocycles. The maximum absolute atomic E-state index is 12.9. The van der Waals surface area contributed by atoms with Gasteiger partial charge in [0.1, 0.15) is 5.76 Å². The molecule has 0 spiro atoms. The summed E-state index contributed by atoms with van der Waals surface area (Å²) in [6.07, 6.45) is 4.97. The first-order valence-corrected chi connectivity index (χ1v) is 7.24. The van der Waals surface area contributed by atoms with Gasteiger partial charge >= 0.3 is 0 Å². The van der Waals surface area contributed by atoms with Gasteiger partial charge in [-0.1, -0.05) is 13.8 Å². The highest BCUT2D eigenvalue weighted by Gasteiger charge is 2.25. The van der Waals surface area contributed by atoms with Crippen LogP contribution in [0.25, 0.3) is 0 Å². The molecule has 0 aliphatic rings. The van der Waals surface area contributed by atoms with Crippen molar-refractivity contribution < 1.29 is 9.21 Å². The number of aromatic nitrogens is 1. The minimum Gasteiger partial charge on any atom is -0.467 e. The Kier molecular flexibility index (Phi) is 4.78. The van der Waals surface area contributed by atoms with Crippen LogP contribution in [0.3, 0.4) is 0 Å². The van der Waals surface area contributed by atoms with Crippen molar-refractivity contribution in [1.29, 1.82) is 0 Å². The summed E-state index contributed by atoms with van der Waals surface area (Å²) in [7, 11) is 0. The molecule has 112 valence electrons. The number of aryl methyl sites for hydroxylation is 1. The molecular formula is C17H22N2O2. The number of rotatable bonds is 5. The fourth-order valence-corrected chi connectivity index (χ4v) is 2.17. The molecule has 21 heavy (non-hydrogen) atoms. The van der Waals surface area contributed by atoms with Crippen LogP contribution in [-0.2, 0) is 6.54 Å². The van der Waals surface area contributed by atoms with Crippen molar-refractivity contribution in [2.45, 2.75) is 40.3 Å². The molecule has 0 aliphatic heterocycles. The number of furan rings is 1. The Morgan fingerprint density at radius 2 is 2.10 bits per heavy atom. The van der Waals surface area contributed by atoms with Gasteiger partial charge in [-0.2, -0.15) is 0 Å². The van der Waals surface area contributed by atoms with Gasteiger partial charge in [-0.15, -0.1) is 0 Å². The molecule has 0 radical (unpaired) electrons. The van der Waals surface area contributed by atoms with Gasteiger partial charge in [-0.25, -0.2) is 0 Å². The number of nitrogens with zero attached hydrogens (tertiary/aromatic N) is 2. The number of hydrogen-bond acceptors (Lipinski definition) is 3. The Morgan fingerprint density at radius 1 is 1.33 bits per heavy atom. The monoisotopic (exact) mass is 286 g/mol. The van der Waals surface area contributed by atoms with Crippen LogP contribution in [0.2, 0.25) is 0 Å². The van der Waals surface area contributed by atoms with E-state index in [-0.39, 0.29) is 11.9 Å². The van der Waals surface area contributed by atoms with Crippen LogP contribution in [0.1, 0.15) is 42.5 Å². The molecule has 0 aromatic carbocycles. The van der Waals surface area contributed by atoms with E-state index in [4.69, 9.17) is 4.42 Å². The first-order valence-electron chi connectivity index (χ1n) is 7.24. The first-order chi connectivity index (χ1) is 10.0. The summed E-state index contributed by atoms with van der Waals surface area (Å²) in [5.41, 5.74) is 1.59. The molecule has 0 unspecified atom stereocenters. The van der Waals surface area contributed by atoms with E-state index in [9.17, 15) is 4.79 Å². The molecule has 4 heteroatoms. The van der Waals surface area contributed by atoms with E-state index < -0.39 is 0 Å². The number of pyridine rings is 1. The summed E-state index contributed by atoms with van der Waals surface area (Å²) in [6, 6.07) is 5.71. The Labute approximate surface area is 125 Å². The van der Waals surface area contributed by atoms with Crippen LogP contribution in [0, 0.1) is 12.8 Å². The Morgan fingerprint density at radius 3 is 2.67 bits per heavy atom. The number of amides is 1. The van der Waals surface area contributed by atoms with Gasteiger partial charge in [0.15, 0.2) is 0 Å². The second kappa shape index (κ2) is 6.57. The summed E-state index contributed by atoms with van der Waals surface area (Å²) in [4.78, 5) is 18.8. The van der Waals surface area contributed by atoms with Crippen molar-refractivity contribution >= 4 is 5.91 Å². The fourth-order valence-electron chi connectivity index (χ4n) is 2.17. The average Bonchev–Trinajstić information content (AvgIpc) is 2.97. The molecule has 2 aromatic rings. The van der Waals surface area contributed by atoms with Crippen molar-refractivity contribution in [1.82, 2.24) is 9.88 Å². The van der Waals surface area contributed by atoms with Crippen molar-refractivity contribution in [2.24, 2.45) is 5.92 Å². The summed E-state index contributed by atoms with van der Waals surface area (Å²) >= 11 is 0. The second-order valence-electron chi connectivity index (χ2n) is 5.69. The van der Waals surface area contributed by atoms with Gasteiger partial charge in [0.05, 0.1) is 18.4 Å².